The van der Waals surface area contributed by atoms with Crippen LogP contribution in [0.3, 0.4) is 0 Å². The van der Waals surface area contributed by atoms with Crippen molar-refractivity contribution >= 4 is 38.6 Å². The quantitative estimate of drug-likeness (QED) is 0.574. The predicted octanol–water partition coefficient (Wildman–Crippen LogP) is 1.31. The van der Waals surface area contributed by atoms with Crippen molar-refractivity contribution in [1.82, 2.24) is 0 Å². The van der Waals surface area contributed by atoms with E-state index in [4.69, 9.17) is 9.92 Å². The summed E-state index contributed by atoms with van der Waals surface area (Å²) in [4.78, 5) is 10.9. The number of halogens is 1. The van der Waals surface area contributed by atoms with Gasteiger partial charge in [-0.15, -0.1) is 0 Å². The fourth-order valence-corrected chi connectivity index (χ4v) is 3.38. The van der Waals surface area contributed by atoms with Crippen molar-refractivity contribution in [3.05, 3.63) is 21.3 Å². The number of hydrogen-bond acceptors (Lipinski definition) is 5. The summed E-state index contributed by atoms with van der Waals surface area (Å²) in [5, 5.41) is 9.84. The third-order valence-corrected chi connectivity index (χ3v) is 3.96. The van der Waals surface area contributed by atoms with Gasteiger partial charge in [0.1, 0.15) is 5.75 Å². The monoisotopic (exact) mass is 399 g/mol. The summed E-state index contributed by atoms with van der Waals surface area (Å²) in [7, 11) is -3.66. The number of phenols is 1. The molecule has 1 aromatic carbocycles. The van der Waals surface area contributed by atoms with Gasteiger partial charge in [0.2, 0.25) is 5.91 Å². The molecule has 1 aromatic rings. The van der Waals surface area contributed by atoms with Crippen molar-refractivity contribution in [2.45, 2.75) is 19.3 Å². The van der Waals surface area contributed by atoms with Gasteiger partial charge in [-0.1, -0.05) is 6.92 Å². The molecule has 6 nitrogen and oxygen atoms in total. The molecular weight excluding hydrogens is 385 g/mol. The van der Waals surface area contributed by atoms with Gasteiger partial charge < -0.3 is 15.0 Å². The Morgan fingerprint density at radius 1 is 1.53 bits per heavy atom. The molecule has 0 saturated heterocycles. The van der Waals surface area contributed by atoms with Gasteiger partial charge in [-0.2, -0.15) is 8.42 Å². The first kappa shape index (κ1) is 16.0. The van der Waals surface area contributed by atoms with Crippen LogP contribution in [0.4, 0.5) is 0 Å². The lowest BCUT2D eigenvalue weighted by Gasteiger charge is -2.16. The zero-order valence-corrected chi connectivity index (χ0v) is 13.4. The van der Waals surface area contributed by atoms with E-state index in [0.717, 1.165) is 6.26 Å². The number of primary amides is 1. The molecule has 0 bridgehead atoms. The average Bonchev–Trinajstić information content (AvgIpc) is 2.19. The van der Waals surface area contributed by atoms with Gasteiger partial charge in [-0.25, -0.2) is 0 Å². The molecule has 8 heteroatoms. The third kappa shape index (κ3) is 4.53. The lowest BCUT2D eigenvalue weighted by Crippen LogP contribution is -2.15. The van der Waals surface area contributed by atoms with Crippen molar-refractivity contribution in [1.29, 1.82) is 0 Å². The minimum Gasteiger partial charge on any atom is -0.508 e. The van der Waals surface area contributed by atoms with Crippen LogP contribution in [0.25, 0.3) is 0 Å². The molecule has 19 heavy (non-hydrogen) atoms. The van der Waals surface area contributed by atoms with Gasteiger partial charge in [-0.05, 0) is 40.6 Å². The number of aromatic hydroxyl groups is 1. The minimum absolute atomic E-state index is 0.0287. The van der Waals surface area contributed by atoms with Gasteiger partial charge in [0.25, 0.3) is 0 Å². The Labute approximate surface area is 125 Å². The highest BCUT2D eigenvalue weighted by Gasteiger charge is 2.21. The molecule has 0 aliphatic rings. The number of hydrogen-bond donors (Lipinski definition) is 2. The number of carbonyl (C=O) groups is 1. The van der Waals surface area contributed by atoms with E-state index in [2.05, 4.69) is 0 Å². The number of rotatable bonds is 5. The lowest BCUT2D eigenvalue weighted by molar-refractivity contribution is -0.118. The second-order valence-electron chi connectivity index (χ2n) is 4.17. The minimum atomic E-state index is -3.66. The SMILES string of the molecule is CC(CC(N)=O)c1c(O)ccc(OS(C)(=O)=O)c1I. The van der Waals surface area contributed by atoms with Crippen LogP contribution in [-0.2, 0) is 14.9 Å². The predicted molar refractivity (Wildman–Crippen MR) is 78.5 cm³/mol. The van der Waals surface area contributed by atoms with Gasteiger partial charge in [0.05, 0.1) is 9.83 Å². The summed E-state index contributed by atoms with van der Waals surface area (Å²) >= 11 is 1.87. The van der Waals surface area contributed by atoms with Crippen LogP contribution in [0.1, 0.15) is 24.8 Å². The Morgan fingerprint density at radius 2 is 2.11 bits per heavy atom. The number of carbonyl (C=O) groups excluding carboxylic acids is 1. The molecule has 0 aliphatic carbocycles. The van der Waals surface area contributed by atoms with E-state index in [-0.39, 0.29) is 23.8 Å². The summed E-state index contributed by atoms with van der Waals surface area (Å²) in [6, 6.07) is 2.69. The molecule has 1 atom stereocenters. The molecule has 0 aromatic heterocycles. The molecule has 106 valence electrons. The highest BCUT2D eigenvalue weighted by Crippen LogP contribution is 2.37. The molecule has 0 aliphatic heterocycles. The van der Waals surface area contributed by atoms with Crippen molar-refractivity contribution < 1.29 is 22.5 Å². The smallest absolute Gasteiger partial charge is 0.306 e. The van der Waals surface area contributed by atoms with Gasteiger partial charge >= 0.3 is 10.1 Å². The normalized spacial score (nSPS) is 13.0. The van der Waals surface area contributed by atoms with Gasteiger partial charge in [0.15, 0.2) is 5.75 Å². The molecule has 0 heterocycles. The van der Waals surface area contributed by atoms with E-state index in [1.54, 1.807) is 6.92 Å². The number of amides is 1. The second kappa shape index (κ2) is 5.95. The molecular formula is C11H14INO5S. The first-order valence-corrected chi connectivity index (χ1v) is 8.20. The topological polar surface area (TPSA) is 107 Å². The van der Waals surface area contributed by atoms with Crippen molar-refractivity contribution in [3.8, 4) is 11.5 Å². The molecule has 3 N–H and O–H groups in total. The molecule has 0 fully saturated rings. The van der Waals surface area contributed by atoms with Crippen LogP contribution < -0.4 is 9.92 Å². The molecule has 0 radical (unpaired) electrons. The van der Waals surface area contributed by atoms with E-state index in [1.807, 2.05) is 22.6 Å². The largest absolute Gasteiger partial charge is 0.508 e. The summed E-state index contributed by atoms with van der Waals surface area (Å²) in [6.45, 7) is 1.71. The molecule has 1 amide bonds. The summed E-state index contributed by atoms with van der Waals surface area (Å²) in [5.74, 6) is -0.754. The second-order valence-corrected chi connectivity index (χ2v) is 6.82. The molecule has 1 unspecified atom stereocenters. The van der Waals surface area contributed by atoms with Crippen LogP contribution in [0, 0.1) is 3.57 Å². The fourth-order valence-electron chi connectivity index (χ4n) is 1.66. The van der Waals surface area contributed by atoms with Gasteiger partial charge in [-0.3, -0.25) is 4.79 Å². The molecule has 0 spiro atoms. The van der Waals surface area contributed by atoms with Crippen LogP contribution >= 0.6 is 22.6 Å². The Hall–Kier alpha value is -1.03. The maximum Gasteiger partial charge on any atom is 0.306 e. The zero-order valence-electron chi connectivity index (χ0n) is 10.4. The highest BCUT2D eigenvalue weighted by molar-refractivity contribution is 14.1. The van der Waals surface area contributed by atoms with Crippen LogP contribution in [-0.4, -0.2) is 25.7 Å². The van der Waals surface area contributed by atoms with E-state index >= 15 is 0 Å². The van der Waals surface area contributed by atoms with E-state index in [1.165, 1.54) is 12.1 Å². The first-order chi connectivity index (χ1) is 8.61. The maximum atomic E-state index is 11.1. The molecule has 1 rings (SSSR count). The lowest BCUT2D eigenvalue weighted by atomic mass is 9.96. The first-order valence-electron chi connectivity index (χ1n) is 5.31. The van der Waals surface area contributed by atoms with Crippen LogP contribution in [0.15, 0.2) is 12.1 Å². The van der Waals surface area contributed by atoms with E-state index < -0.39 is 16.0 Å². The molecule has 0 saturated carbocycles. The van der Waals surface area contributed by atoms with E-state index in [0.29, 0.717) is 9.13 Å². The Morgan fingerprint density at radius 3 is 2.58 bits per heavy atom. The van der Waals surface area contributed by atoms with Crippen LogP contribution in [0.5, 0.6) is 11.5 Å². The Balaban J connectivity index is 3.24. The zero-order chi connectivity index (χ0) is 14.8. The third-order valence-electron chi connectivity index (χ3n) is 2.36. The highest BCUT2D eigenvalue weighted by atomic mass is 127. The van der Waals surface area contributed by atoms with E-state index in [9.17, 15) is 18.3 Å². The van der Waals surface area contributed by atoms with Crippen LogP contribution in [0.2, 0.25) is 0 Å². The van der Waals surface area contributed by atoms with Crippen molar-refractivity contribution in [3.63, 3.8) is 0 Å². The maximum absolute atomic E-state index is 11.1. The fraction of sp³-hybridized carbons (Fsp3) is 0.364. The number of nitrogens with two attached hydrogens (primary N) is 1. The number of benzene rings is 1. The average molecular weight is 399 g/mol. The standard InChI is InChI=1S/C11H14INO5S/c1-6(5-9(13)15)10-7(14)3-4-8(11(10)12)18-19(2,16)17/h3-4,6,14H,5H2,1-2H3,(H2,13,15). The summed E-state index contributed by atoms with van der Waals surface area (Å²) < 4.78 is 27.5. The summed E-state index contributed by atoms with van der Waals surface area (Å²) in [5.41, 5.74) is 5.57. The summed E-state index contributed by atoms with van der Waals surface area (Å²) in [6.07, 6.45) is 0.980. The van der Waals surface area contributed by atoms with Gasteiger partial charge in [0, 0.05) is 12.0 Å². The van der Waals surface area contributed by atoms with Crippen molar-refractivity contribution in [2.24, 2.45) is 5.73 Å². The Bertz CT molecular complexity index is 599. The van der Waals surface area contributed by atoms with Crippen molar-refractivity contribution in [2.75, 3.05) is 6.26 Å². The Kier molecular flexibility index (Phi) is 5.02. The number of phenolic OH excluding ortho intramolecular Hbond substituents is 1.